The molecule has 0 heterocycles. The van der Waals surface area contributed by atoms with Crippen molar-refractivity contribution in [3.8, 4) is 0 Å². The van der Waals surface area contributed by atoms with Gasteiger partial charge in [0.2, 0.25) is 0 Å². The van der Waals surface area contributed by atoms with Gasteiger partial charge in [0.15, 0.2) is 0 Å². The molecule has 1 atom stereocenters. The van der Waals surface area contributed by atoms with E-state index in [0.29, 0.717) is 0 Å². The van der Waals surface area contributed by atoms with Crippen LogP contribution in [0.2, 0.25) is 0 Å². The van der Waals surface area contributed by atoms with Crippen LogP contribution in [0.3, 0.4) is 0 Å². The maximum absolute atomic E-state index is 9.78. The minimum Gasteiger partial charge on any atom is -0.268 e. The van der Waals surface area contributed by atoms with Crippen LogP contribution in [0.4, 0.5) is 0 Å². The zero-order valence-corrected chi connectivity index (χ0v) is 5.85. The minimum atomic E-state index is -2.65. The third kappa shape index (κ3) is 4.03. The van der Waals surface area contributed by atoms with Gasteiger partial charge in [0.1, 0.15) is 0 Å². The Hall–Kier alpha value is -0.140. The number of rotatable bonds is 3. The van der Waals surface area contributed by atoms with Crippen molar-refractivity contribution in [2.24, 2.45) is 0 Å². The Labute approximate surface area is 48.9 Å². The van der Waals surface area contributed by atoms with Crippen LogP contribution >= 0.6 is 7.91 Å². The Morgan fingerprint density at radius 2 is 2.12 bits per heavy atom. The molecule has 4 heteroatoms. The minimum absolute atomic E-state index is 0.170. The summed E-state index contributed by atoms with van der Waals surface area (Å²) in [6.07, 6.45) is 0.555. The Bertz CT molecular complexity index is 110. The average molecular weight is 136 g/mol. The molecule has 0 aromatic carbocycles. The first-order chi connectivity index (χ1) is 3.66. The zero-order chi connectivity index (χ0) is 6.57. The summed E-state index contributed by atoms with van der Waals surface area (Å²) in [5, 5.41) is 0. The zero-order valence-electron chi connectivity index (χ0n) is 4.96. The van der Waals surface area contributed by atoms with Crippen molar-refractivity contribution in [1.82, 2.24) is 0 Å². The van der Waals surface area contributed by atoms with Crippen LogP contribution in [0.25, 0.3) is 0 Å². The van der Waals surface area contributed by atoms with E-state index in [1.54, 1.807) is 6.92 Å². The highest BCUT2D eigenvalue weighted by atomic mass is 31.1. The lowest BCUT2D eigenvalue weighted by Gasteiger charge is -1.98. The van der Waals surface area contributed by atoms with E-state index in [9.17, 15) is 9.13 Å². The van der Waals surface area contributed by atoms with E-state index in [4.69, 9.17) is 0 Å². The molecule has 0 aromatic heterocycles. The van der Waals surface area contributed by atoms with Crippen LogP contribution in [0.1, 0.15) is 20.3 Å². The van der Waals surface area contributed by atoms with Gasteiger partial charge in [-0.05, 0) is 13.3 Å². The summed E-state index contributed by atoms with van der Waals surface area (Å²) in [5.74, 6) is 0. The van der Waals surface area contributed by atoms with E-state index < -0.39 is 7.91 Å². The van der Waals surface area contributed by atoms with Gasteiger partial charge in [-0.3, -0.25) is 4.52 Å². The van der Waals surface area contributed by atoms with Gasteiger partial charge in [-0.15, -0.1) is 0 Å². The van der Waals surface area contributed by atoms with Crippen molar-refractivity contribution >= 4 is 7.91 Å². The SMILES string of the molecule is CCC(C)OP(=O)=O. The summed E-state index contributed by atoms with van der Waals surface area (Å²) in [5.41, 5.74) is 0. The second-order valence-electron chi connectivity index (χ2n) is 1.55. The fourth-order valence-corrected chi connectivity index (χ4v) is 0.664. The molecule has 0 aliphatic carbocycles. The standard InChI is InChI=1S/C4H9O3P/c1-3-4(2)7-8(5)6/h4H,3H2,1-2H3. The van der Waals surface area contributed by atoms with Crippen molar-refractivity contribution in [3.63, 3.8) is 0 Å². The van der Waals surface area contributed by atoms with Crippen molar-refractivity contribution in [2.75, 3.05) is 0 Å². The topological polar surface area (TPSA) is 43.4 Å². The highest BCUT2D eigenvalue weighted by molar-refractivity contribution is 7.24. The summed E-state index contributed by atoms with van der Waals surface area (Å²) in [4.78, 5) is 0. The molecule has 0 amide bonds. The van der Waals surface area contributed by atoms with Crippen LogP contribution in [0.15, 0.2) is 0 Å². The summed E-state index contributed by atoms with van der Waals surface area (Å²) in [6, 6.07) is 0. The molecule has 0 rings (SSSR count). The molecule has 0 N–H and O–H groups in total. The Morgan fingerprint density at radius 3 is 2.25 bits per heavy atom. The van der Waals surface area contributed by atoms with Gasteiger partial charge < -0.3 is 0 Å². The Morgan fingerprint density at radius 1 is 1.62 bits per heavy atom. The lowest BCUT2D eigenvalue weighted by Crippen LogP contribution is -1.97. The van der Waals surface area contributed by atoms with Crippen molar-refractivity contribution in [1.29, 1.82) is 0 Å². The van der Waals surface area contributed by atoms with E-state index >= 15 is 0 Å². The van der Waals surface area contributed by atoms with Crippen LogP contribution < -0.4 is 0 Å². The monoisotopic (exact) mass is 136 g/mol. The molecule has 0 spiro atoms. The Kier molecular flexibility index (Phi) is 3.75. The molecule has 0 saturated heterocycles. The van der Waals surface area contributed by atoms with E-state index in [1.165, 1.54) is 0 Å². The van der Waals surface area contributed by atoms with Crippen LogP contribution in [-0.2, 0) is 13.7 Å². The van der Waals surface area contributed by atoms with E-state index in [-0.39, 0.29) is 6.10 Å². The second kappa shape index (κ2) is 3.81. The summed E-state index contributed by atoms with van der Waals surface area (Å²) in [6.45, 7) is 3.58. The summed E-state index contributed by atoms with van der Waals surface area (Å²) < 4.78 is 23.9. The molecule has 0 bridgehead atoms. The maximum Gasteiger partial charge on any atom is 0.468 e. The van der Waals surface area contributed by atoms with Gasteiger partial charge >= 0.3 is 7.91 Å². The lowest BCUT2D eigenvalue weighted by molar-refractivity contribution is 0.217. The molecule has 8 heavy (non-hydrogen) atoms. The first-order valence-corrected chi connectivity index (χ1v) is 3.57. The molecule has 0 aromatic rings. The van der Waals surface area contributed by atoms with Crippen molar-refractivity contribution < 1.29 is 13.7 Å². The maximum atomic E-state index is 9.78. The van der Waals surface area contributed by atoms with E-state index in [0.717, 1.165) is 6.42 Å². The molecule has 0 saturated carbocycles. The first kappa shape index (κ1) is 7.86. The fraction of sp³-hybridized carbons (Fsp3) is 1.00. The molecule has 3 nitrogen and oxygen atoms in total. The normalized spacial score (nSPS) is 13.2. The first-order valence-electron chi connectivity index (χ1n) is 2.48. The molecule has 0 fully saturated rings. The highest BCUT2D eigenvalue weighted by Gasteiger charge is 1.99. The molecular formula is C4H9O3P. The van der Waals surface area contributed by atoms with E-state index in [1.807, 2.05) is 6.92 Å². The van der Waals surface area contributed by atoms with Gasteiger partial charge in [0.25, 0.3) is 0 Å². The van der Waals surface area contributed by atoms with Gasteiger partial charge in [-0.1, -0.05) is 6.92 Å². The molecule has 0 aliphatic heterocycles. The van der Waals surface area contributed by atoms with E-state index in [2.05, 4.69) is 4.52 Å². The van der Waals surface area contributed by atoms with Crippen LogP contribution in [0, 0.1) is 0 Å². The predicted molar refractivity (Wildman–Crippen MR) is 29.1 cm³/mol. The third-order valence-corrected chi connectivity index (χ3v) is 1.37. The van der Waals surface area contributed by atoms with Gasteiger partial charge in [-0.25, -0.2) is 9.13 Å². The molecule has 0 aliphatic rings. The number of hydrogen-bond acceptors (Lipinski definition) is 3. The fourth-order valence-electron chi connectivity index (χ4n) is 0.221. The summed E-state index contributed by atoms with van der Waals surface area (Å²) >= 11 is 0. The third-order valence-electron chi connectivity index (χ3n) is 0.841. The van der Waals surface area contributed by atoms with Crippen LogP contribution in [0.5, 0.6) is 0 Å². The predicted octanol–water partition coefficient (Wildman–Crippen LogP) is 1.89. The molecule has 1 unspecified atom stereocenters. The Balaban J connectivity index is 3.39. The lowest BCUT2D eigenvalue weighted by atomic mass is 10.3. The summed E-state index contributed by atoms with van der Waals surface area (Å²) in [7, 11) is -2.65. The molecule has 48 valence electrons. The smallest absolute Gasteiger partial charge is 0.268 e. The highest BCUT2D eigenvalue weighted by Crippen LogP contribution is 2.11. The quantitative estimate of drug-likeness (QED) is 0.556. The van der Waals surface area contributed by atoms with Crippen LogP contribution in [-0.4, -0.2) is 6.10 Å². The average Bonchev–Trinajstić information content (AvgIpc) is 1.65. The van der Waals surface area contributed by atoms with Gasteiger partial charge in [0.05, 0.1) is 6.10 Å². The number of hydrogen-bond donors (Lipinski definition) is 0. The molecular weight excluding hydrogens is 127 g/mol. The molecule has 0 radical (unpaired) electrons. The van der Waals surface area contributed by atoms with Gasteiger partial charge in [-0.2, -0.15) is 0 Å². The van der Waals surface area contributed by atoms with Crippen molar-refractivity contribution in [3.05, 3.63) is 0 Å². The second-order valence-corrected chi connectivity index (χ2v) is 2.21. The van der Waals surface area contributed by atoms with Crippen molar-refractivity contribution in [2.45, 2.75) is 26.4 Å². The largest absolute Gasteiger partial charge is 0.468 e. The van der Waals surface area contributed by atoms with Gasteiger partial charge in [0, 0.05) is 0 Å².